The van der Waals surface area contributed by atoms with Crippen molar-refractivity contribution in [2.45, 2.75) is 69.8 Å². The van der Waals surface area contributed by atoms with Crippen LogP contribution in [0.1, 0.15) is 74.9 Å². The Kier molecular flexibility index (Phi) is 11.2. The number of carbonyl (C=O) groups is 4. The van der Waals surface area contributed by atoms with Crippen LogP contribution in [0.3, 0.4) is 0 Å². The second kappa shape index (κ2) is 17.1. The molecule has 0 spiro atoms. The summed E-state index contributed by atoms with van der Waals surface area (Å²) >= 11 is 1.74. The fraction of sp³-hybridized carbons (Fsp3) is 0.319. The number of thiophene rings is 1. The molecule has 5 atom stereocenters. The smallest absolute Gasteiger partial charge is 0.407 e. The van der Waals surface area contributed by atoms with E-state index in [0.717, 1.165) is 74.3 Å². The lowest BCUT2D eigenvalue weighted by Crippen LogP contribution is -2.53. The summed E-state index contributed by atoms with van der Waals surface area (Å²) < 4.78 is 12.6. The topological polar surface area (TPSA) is 175 Å². The van der Waals surface area contributed by atoms with E-state index in [9.17, 15) is 19.2 Å². The van der Waals surface area contributed by atoms with Gasteiger partial charge in [0.05, 0.1) is 48.2 Å². The molecule has 0 radical (unpaired) electrons. The lowest BCUT2D eigenvalue weighted by atomic mass is 10.0. The van der Waals surface area contributed by atoms with Gasteiger partial charge in [0.15, 0.2) is 0 Å². The number of benzene rings is 4. The number of alkyl carbamates (subject to hydrolysis) is 1. The second-order valence-corrected chi connectivity index (χ2v) is 17.1. The molecular weight excluding hydrogens is 805 g/mol. The van der Waals surface area contributed by atoms with Crippen LogP contribution in [0.2, 0.25) is 0 Å². The van der Waals surface area contributed by atoms with E-state index in [1.807, 2.05) is 47.5 Å². The zero-order valence-electron chi connectivity index (χ0n) is 34.9. The van der Waals surface area contributed by atoms with Gasteiger partial charge >= 0.3 is 6.09 Å². The molecule has 9 rings (SSSR count). The molecule has 2 aliphatic heterocycles. The van der Waals surface area contributed by atoms with Crippen molar-refractivity contribution in [3.05, 3.63) is 108 Å². The maximum absolute atomic E-state index is 14.0. The molecule has 7 aromatic rings. The molecule has 5 unspecified atom stereocenters. The molecular formula is C47H48N8O6S. The number of fused-ring (bicyclic) bond motifs is 4. The molecule has 4 N–H and O–H groups in total. The predicted octanol–water partition coefficient (Wildman–Crippen LogP) is 7.95. The highest BCUT2D eigenvalue weighted by Crippen LogP contribution is 2.40. The van der Waals surface area contributed by atoms with Crippen LogP contribution in [-0.2, 0) is 23.9 Å². The van der Waals surface area contributed by atoms with E-state index in [1.165, 1.54) is 31.9 Å². The Morgan fingerprint density at radius 2 is 1.42 bits per heavy atom. The van der Waals surface area contributed by atoms with Crippen molar-refractivity contribution < 1.29 is 28.7 Å². The summed E-state index contributed by atoms with van der Waals surface area (Å²) in [5.74, 6) is 0.771. The first-order valence-electron chi connectivity index (χ1n) is 20.9. The number of methoxy groups -OCH3 is 2. The molecule has 2 fully saturated rings. The lowest BCUT2D eigenvalue weighted by Gasteiger charge is -2.30. The van der Waals surface area contributed by atoms with E-state index in [0.29, 0.717) is 24.5 Å². The lowest BCUT2D eigenvalue weighted by molar-refractivity contribution is -0.140. The maximum Gasteiger partial charge on any atom is 0.407 e. The molecule has 2 saturated heterocycles. The number of carbonyl (C=O) groups excluding carboxylic acids is 4. The van der Waals surface area contributed by atoms with Crippen LogP contribution in [0.25, 0.3) is 53.6 Å². The zero-order chi connectivity index (χ0) is 43.1. The molecule has 14 nitrogen and oxygen atoms in total. The number of ether oxygens (including phenoxy) is 2. The minimum Gasteiger partial charge on any atom is -0.453 e. The molecule has 3 aromatic heterocycles. The second-order valence-electron chi connectivity index (χ2n) is 16.0. The van der Waals surface area contributed by atoms with Gasteiger partial charge in [-0.25, -0.2) is 14.8 Å². The van der Waals surface area contributed by atoms with Gasteiger partial charge in [-0.05, 0) is 73.6 Å². The van der Waals surface area contributed by atoms with Gasteiger partial charge in [0.25, 0.3) is 5.91 Å². The average Bonchev–Trinajstić information content (AvgIpc) is 4.15. The van der Waals surface area contributed by atoms with E-state index >= 15 is 0 Å². The Labute approximate surface area is 362 Å². The van der Waals surface area contributed by atoms with Crippen LogP contribution in [0.5, 0.6) is 0 Å². The largest absolute Gasteiger partial charge is 0.453 e. The Hall–Kier alpha value is -6.58. The number of nitrogens with zero attached hydrogens (tertiary/aromatic N) is 4. The number of H-pyrrole nitrogens is 2. The van der Waals surface area contributed by atoms with Gasteiger partial charge in [0.2, 0.25) is 11.8 Å². The third kappa shape index (κ3) is 7.77. The van der Waals surface area contributed by atoms with Crippen molar-refractivity contribution in [1.82, 2.24) is 40.4 Å². The fourth-order valence-corrected chi connectivity index (χ4v) is 10.1. The Morgan fingerprint density at radius 1 is 0.774 bits per heavy atom. The summed E-state index contributed by atoms with van der Waals surface area (Å²) in [5, 5.41) is 7.85. The van der Waals surface area contributed by atoms with Crippen molar-refractivity contribution >= 4 is 66.4 Å². The van der Waals surface area contributed by atoms with Crippen molar-refractivity contribution in [2.24, 2.45) is 0 Å². The van der Waals surface area contributed by atoms with Crippen LogP contribution in [0.15, 0.2) is 91.1 Å². The molecule has 5 heterocycles. The quantitative estimate of drug-likeness (QED) is 0.101. The van der Waals surface area contributed by atoms with Crippen LogP contribution >= 0.6 is 11.3 Å². The maximum atomic E-state index is 14.0. The van der Waals surface area contributed by atoms with E-state index < -0.39 is 24.3 Å². The van der Waals surface area contributed by atoms with Gasteiger partial charge in [-0.3, -0.25) is 14.4 Å². The number of imidazole rings is 2. The Bertz CT molecular complexity index is 2820. The summed E-state index contributed by atoms with van der Waals surface area (Å²) in [7, 11) is 2.82. The summed E-state index contributed by atoms with van der Waals surface area (Å²) in [5.41, 5.74) is 6.38. The summed E-state index contributed by atoms with van der Waals surface area (Å²) in [4.78, 5) is 72.3. The molecule has 0 aliphatic carbocycles. The number of rotatable bonds is 11. The van der Waals surface area contributed by atoms with Crippen molar-refractivity contribution in [1.29, 1.82) is 0 Å². The van der Waals surface area contributed by atoms with E-state index in [4.69, 9.17) is 19.4 Å². The summed E-state index contributed by atoms with van der Waals surface area (Å²) in [6.45, 7) is 4.32. The summed E-state index contributed by atoms with van der Waals surface area (Å²) in [6.07, 6.45) is 3.85. The number of nitrogens with one attached hydrogen (secondary N) is 4. The van der Waals surface area contributed by atoms with Crippen molar-refractivity contribution in [2.75, 3.05) is 27.3 Å². The highest BCUT2D eigenvalue weighted by atomic mass is 32.1. The SMILES string of the molecule is COC(=O)NC(C(=O)N1CCCC1c1ncc(-c2ccc3c(c2)sc2cc(-c4ccc5nc(C6CCCN6C(=O)C(NC(C)=O)C(C)OC)[nH]c5c4)ccc23)[nH]1)c1ccccc1. The van der Waals surface area contributed by atoms with Crippen LogP contribution in [0.4, 0.5) is 4.79 Å². The number of likely N-dealkylation sites (tertiary alicyclic amines) is 2. The third-order valence-corrected chi connectivity index (χ3v) is 13.3. The average molecular weight is 853 g/mol. The molecule has 4 aromatic carbocycles. The van der Waals surface area contributed by atoms with Crippen molar-refractivity contribution in [3.8, 4) is 22.4 Å². The van der Waals surface area contributed by atoms with Crippen molar-refractivity contribution in [3.63, 3.8) is 0 Å². The Morgan fingerprint density at radius 3 is 2.11 bits per heavy atom. The van der Waals surface area contributed by atoms with E-state index in [2.05, 4.69) is 69.1 Å². The molecule has 0 saturated carbocycles. The van der Waals surface area contributed by atoms with Crippen LogP contribution in [-0.4, -0.2) is 93.0 Å². The molecule has 4 amide bonds. The first kappa shape index (κ1) is 40.8. The standard InChI is InChI=1S/C47H48N8O6S/c1-26(60-3)41(49-27(2)56)45(57)55-21-9-13-38(55)44-50-34-19-16-29(22-35(34)51-44)30-14-17-32-33-18-15-31(24-40(33)62-39(32)23-30)36-25-48-43(52-36)37-12-8-20-54(37)46(58)42(53-47(59)61-4)28-10-6-5-7-11-28/h5-7,10-11,14-19,22-26,37-38,41-42H,8-9,12-13,20-21H2,1-4H3,(H,48,52)(H,49,56)(H,50,51)(H,53,59). The van der Waals surface area contributed by atoms with Gasteiger partial charge in [-0.15, -0.1) is 11.3 Å². The molecule has 15 heteroatoms. The van der Waals surface area contributed by atoms with Gasteiger partial charge in [0.1, 0.15) is 23.7 Å². The summed E-state index contributed by atoms with van der Waals surface area (Å²) in [6, 6.07) is 26.2. The van der Waals surface area contributed by atoms with Gasteiger partial charge in [-0.1, -0.05) is 60.7 Å². The monoisotopic (exact) mass is 852 g/mol. The number of hydrogen-bond donors (Lipinski definition) is 4. The van der Waals surface area contributed by atoms with Gasteiger partial charge in [0, 0.05) is 52.9 Å². The molecule has 2 aliphatic rings. The number of hydrogen-bond acceptors (Lipinski definition) is 9. The fourth-order valence-electron chi connectivity index (χ4n) is 8.96. The normalized spacial score (nSPS) is 18.0. The van der Waals surface area contributed by atoms with E-state index in [1.54, 1.807) is 23.2 Å². The number of amides is 4. The minimum absolute atomic E-state index is 0.176. The van der Waals surface area contributed by atoms with E-state index in [-0.39, 0.29) is 29.8 Å². The van der Waals surface area contributed by atoms with Gasteiger partial charge in [-0.2, -0.15) is 0 Å². The Balaban J connectivity index is 0.938. The first-order chi connectivity index (χ1) is 30.1. The number of aromatic amines is 2. The molecule has 318 valence electrons. The number of aromatic nitrogens is 4. The third-order valence-electron chi connectivity index (χ3n) is 12.2. The molecule has 0 bridgehead atoms. The zero-order valence-corrected chi connectivity index (χ0v) is 35.8. The minimum atomic E-state index is -0.884. The van der Waals surface area contributed by atoms with Crippen LogP contribution < -0.4 is 10.6 Å². The first-order valence-corrected chi connectivity index (χ1v) is 21.7. The predicted molar refractivity (Wildman–Crippen MR) is 238 cm³/mol. The highest BCUT2D eigenvalue weighted by molar-refractivity contribution is 7.25. The van der Waals surface area contributed by atoms with Crippen LogP contribution in [0, 0.1) is 0 Å². The highest BCUT2D eigenvalue weighted by Gasteiger charge is 2.39. The van der Waals surface area contributed by atoms with Gasteiger partial charge < -0.3 is 39.9 Å². The molecule has 62 heavy (non-hydrogen) atoms.